The average molecular weight is 210 g/mol. The number of rotatable bonds is 4. The Balaban J connectivity index is 1.78. The standard InChI is InChI=1S/C7H10N6S/c1-5-9-6(4-14-5)2-8-3-7-10-12-13-11-7/h4,8H,2-3H2,1H3,(H,10,11,12,13). The second-order valence-electron chi connectivity index (χ2n) is 2.79. The van der Waals surface area contributed by atoms with Gasteiger partial charge in [0.25, 0.3) is 0 Å². The van der Waals surface area contributed by atoms with E-state index >= 15 is 0 Å². The van der Waals surface area contributed by atoms with E-state index in [1.807, 2.05) is 12.3 Å². The second-order valence-corrected chi connectivity index (χ2v) is 3.85. The van der Waals surface area contributed by atoms with Crippen LogP contribution >= 0.6 is 11.3 Å². The first-order valence-corrected chi connectivity index (χ1v) is 5.06. The van der Waals surface area contributed by atoms with Crippen LogP contribution in [0.5, 0.6) is 0 Å². The fourth-order valence-corrected chi connectivity index (χ4v) is 1.66. The molecule has 0 aliphatic carbocycles. The highest BCUT2D eigenvalue weighted by Gasteiger charge is 1.99. The molecule has 0 unspecified atom stereocenters. The Bertz CT molecular complexity index is 381. The first-order chi connectivity index (χ1) is 6.84. The normalized spacial score (nSPS) is 10.6. The van der Waals surface area contributed by atoms with E-state index in [2.05, 4.69) is 30.9 Å². The summed E-state index contributed by atoms with van der Waals surface area (Å²) >= 11 is 1.65. The SMILES string of the molecule is Cc1nc(CNCc2nn[nH]n2)cs1. The largest absolute Gasteiger partial charge is 0.304 e. The molecule has 0 aromatic carbocycles. The van der Waals surface area contributed by atoms with Crippen molar-refractivity contribution in [2.24, 2.45) is 0 Å². The molecule has 2 heterocycles. The van der Waals surface area contributed by atoms with Gasteiger partial charge < -0.3 is 5.32 Å². The van der Waals surface area contributed by atoms with Crippen molar-refractivity contribution >= 4 is 11.3 Å². The smallest absolute Gasteiger partial charge is 0.188 e. The van der Waals surface area contributed by atoms with Crippen LogP contribution in [-0.4, -0.2) is 25.6 Å². The molecule has 0 radical (unpaired) electrons. The van der Waals surface area contributed by atoms with Gasteiger partial charge >= 0.3 is 0 Å². The molecule has 0 aliphatic heterocycles. The Morgan fingerprint density at radius 2 is 2.43 bits per heavy atom. The molecule has 0 spiro atoms. The number of aryl methyl sites for hydroxylation is 1. The minimum absolute atomic E-state index is 0.604. The zero-order chi connectivity index (χ0) is 9.80. The summed E-state index contributed by atoms with van der Waals surface area (Å²) in [6, 6.07) is 0. The van der Waals surface area contributed by atoms with E-state index in [0.29, 0.717) is 12.4 Å². The van der Waals surface area contributed by atoms with Gasteiger partial charge in [0, 0.05) is 11.9 Å². The van der Waals surface area contributed by atoms with Crippen LogP contribution in [-0.2, 0) is 13.1 Å². The van der Waals surface area contributed by atoms with Crippen molar-refractivity contribution in [3.63, 3.8) is 0 Å². The molecule has 14 heavy (non-hydrogen) atoms. The fraction of sp³-hybridized carbons (Fsp3) is 0.429. The summed E-state index contributed by atoms with van der Waals surface area (Å²) in [5.74, 6) is 0.664. The van der Waals surface area contributed by atoms with Crippen LogP contribution in [0.1, 0.15) is 16.5 Å². The Hall–Kier alpha value is -1.34. The van der Waals surface area contributed by atoms with Gasteiger partial charge in [-0.1, -0.05) is 5.21 Å². The van der Waals surface area contributed by atoms with E-state index in [1.165, 1.54) is 0 Å². The Morgan fingerprint density at radius 1 is 1.50 bits per heavy atom. The van der Waals surface area contributed by atoms with Crippen LogP contribution in [0.15, 0.2) is 5.38 Å². The summed E-state index contributed by atoms with van der Waals surface area (Å²) in [6.07, 6.45) is 0. The maximum Gasteiger partial charge on any atom is 0.188 e. The van der Waals surface area contributed by atoms with Gasteiger partial charge in [0.15, 0.2) is 5.82 Å². The topological polar surface area (TPSA) is 79.4 Å². The first kappa shape index (κ1) is 9.22. The zero-order valence-corrected chi connectivity index (χ0v) is 8.51. The van der Waals surface area contributed by atoms with Crippen LogP contribution in [0.3, 0.4) is 0 Å². The van der Waals surface area contributed by atoms with Gasteiger partial charge in [-0.15, -0.1) is 21.5 Å². The lowest BCUT2D eigenvalue weighted by atomic mass is 10.4. The van der Waals surface area contributed by atoms with Crippen LogP contribution in [0, 0.1) is 6.92 Å². The second kappa shape index (κ2) is 4.25. The number of thiazole rings is 1. The van der Waals surface area contributed by atoms with Crippen LogP contribution in [0.25, 0.3) is 0 Å². The number of H-pyrrole nitrogens is 1. The van der Waals surface area contributed by atoms with Crippen molar-refractivity contribution in [1.29, 1.82) is 0 Å². The molecule has 0 saturated carbocycles. The minimum Gasteiger partial charge on any atom is -0.304 e. The van der Waals surface area contributed by atoms with E-state index < -0.39 is 0 Å². The molecular weight excluding hydrogens is 200 g/mol. The van der Waals surface area contributed by atoms with Crippen LogP contribution in [0.4, 0.5) is 0 Å². The molecule has 7 heteroatoms. The van der Waals surface area contributed by atoms with Crippen molar-refractivity contribution in [2.75, 3.05) is 0 Å². The van der Waals surface area contributed by atoms with E-state index in [0.717, 1.165) is 17.2 Å². The quantitative estimate of drug-likeness (QED) is 0.756. The average Bonchev–Trinajstić information content (AvgIpc) is 2.77. The molecule has 0 fully saturated rings. The number of hydrogen-bond donors (Lipinski definition) is 2. The molecule has 0 saturated heterocycles. The summed E-state index contributed by atoms with van der Waals surface area (Å²) in [5, 5.41) is 19.8. The summed E-state index contributed by atoms with van der Waals surface area (Å²) in [7, 11) is 0. The summed E-state index contributed by atoms with van der Waals surface area (Å²) in [4.78, 5) is 4.32. The number of hydrogen-bond acceptors (Lipinski definition) is 6. The Kier molecular flexibility index (Phi) is 2.80. The van der Waals surface area contributed by atoms with Crippen LogP contribution in [0.2, 0.25) is 0 Å². The monoisotopic (exact) mass is 210 g/mol. The third-order valence-electron chi connectivity index (χ3n) is 1.65. The van der Waals surface area contributed by atoms with E-state index in [-0.39, 0.29) is 0 Å². The first-order valence-electron chi connectivity index (χ1n) is 4.18. The maximum atomic E-state index is 4.32. The van der Waals surface area contributed by atoms with Crippen molar-refractivity contribution in [3.05, 3.63) is 21.9 Å². The molecule has 0 bridgehead atoms. The molecule has 2 N–H and O–H groups in total. The molecular formula is C7H10N6S. The third kappa shape index (κ3) is 2.33. The van der Waals surface area contributed by atoms with Crippen molar-refractivity contribution in [1.82, 2.24) is 30.9 Å². The number of aromatic amines is 1. The number of nitrogens with zero attached hydrogens (tertiary/aromatic N) is 4. The predicted molar refractivity (Wildman–Crippen MR) is 51.6 cm³/mol. The highest BCUT2D eigenvalue weighted by molar-refractivity contribution is 7.09. The van der Waals surface area contributed by atoms with Gasteiger partial charge in [0.2, 0.25) is 0 Å². The van der Waals surface area contributed by atoms with Gasteiger partial charge in [-0.05, 0) is 6.92 Å². The third-order valence-corrected chi connectivity index (χ3v) is 2.47. The molecule has 2 aromatic heterocycles. The molecule has 0 amide bonds. The molecule has 6 nitrogen and oxygen atoms in total. The number of aromatic nitrogens is 5. The van der Waals surface area contributed by atoms with E-state index in [9.17, 15) is 0 Å². The van der Waals surface area contributed by atoms with Gasteiger partial charge in [-0.2, -0.15) is 5.21 Å². The lowest BCUT2D eigenvalue weighted by Gasteiger charge is -1.96. The number of nitrogens with one attached hydrogen (secondary N) is 2. The van der Waals surface area contributed by atoms with Crippen molar-refractivity contribution in [3.8, 4) is 0 Å². The van der Waals surface area contributed by atoms with Crippen molar-refractivity contribution in [2.45, 2.75) is 20.0 Å². The summed E-state index contributed by atoms with van der Waals surface area (Å²) in [5.41, 5.74) is 1.05. The molecule has 74 valence electrons. The summed E-state index contributed by atoms with van der Waals surface area (Å²) in [6.45, 7) is 3.33. The fourth-order valence-electron chi connectivity index (χ4n) is 1.05. The molecule has 0 atom stereocenters. The lowest BCUT2D eigenvalue weighted by molar-refractivity contribution is 0.654. The van der Waals surface area contributed by atoms with Gasteiger partial charge in [-0.25, -0.2) is 4.98 Å². The molecule has 0 aliphatic rings. The molecule has 2 rings (SSSR count). The molecule has 2 aromatic rings. The maximum absolute atomic E-state index is 4.32. The lowest BCUT2D eigenvalue weighted by Crippen LogP contribution is -2.14. The predicted octanol–water partition coefficient (Wildman–Crippen LogP) is 0.254. The van der Waals surface area contributed by atoms with Gasteiger partial charge in [0.05, 0.1) is 17.2 Å². The highest BCUT2D eigenvalue weighted by atomic mass is 32.1. The highest BCUT2D eigenvalue weighted by Crippen LogP contribution is 2.07. The summed E-state index contributed by atoms with van der Waals surface area (Å²) < 4.78 is 0. The van der Waals surface area contributed by atoms with E-state index in [1.54, 1.807) is 11.3 Å². The van der Waals surface area contributed by atoms with Crippen LogP contribution < -0.4 is 5.32 Å². The van der Waals surface area contributed by atoms with Gasteiger partial charge in [0.1, 0.15) is 0 Å². The van der Waals surface area contributed by atoms with Gasteiger partial charge in [-0.3, -0.25) is 0 Å². The minimum atomic E-state index is 0.604. The zero-order valence-electron chi connectivity index (χ0n) is 7.69. The number of tetrazole rings is 1. The van der Waals surface area contributed by atoms with E-state index in [4.69, 9.17) is 0 Å². The van der Waals surface area contributed by atoms with Crippen molar-refractivity contribution < 1.29 is 0 Å². The Labute approximate surface area is 84.8 Å². The Morgan fingerprint density at radius 3 is 3.07 bits per heavy atom.